The highest BCUT2D eigenvalue weighted by molar-refractivity contribution is 5.83. The summed E-state index contributed by atoms with van der Waals surface area (Å²) in [4.78, 5) is 25.0. The van der Waals surface area contributed by atoms with Gasteiger partial charge in [-0.3, -0.25) is 4.79 Å². The summed E-state index contributed by atoms with van der Waals surface area (Å²) in [5, 5.41) is 0.384. The predicted octanol–water partition coefficient (Wildman–Crippen LogP) is 4.00. The third-order valence-corrected chi connectivity index (χ3v) is 4.12. The summed E-state index contributed by atoms with van der Waals surface area (Å²) >= 11 is 0. The van der Waals surface area contributed by atoms with Crippen molar-refractivity contribution in [1.29, 1.82) is 0 Å². The third-order valence-electron chi connectivity index (χ3n) is 4.12. The maximum absolute atomic E-state index is 13.0. The van der Waals surface area contributed by atoms with Gasteiger partial charge in [-0.25, -0.2) is 4.79 Å². The van der Waals surface area contributed by atoms with Crippen LogP contribution in [0.2, 0.25) is 0 Å². The van der Waals surface area contributed by atoms with Gasteiger partial charge in [0.1, 0.15) is 5.58 Å². The number of carbonyl (C=O) groups is 1. The first-order valence-corrected chi connectivity index (χ1v) is 8.37. The van der Waals surface area contributed by atoms with E-state index in [1.165, 1.54) is 13.2 Å². The number of fused-ring (bicyclic) bond motifs is 1. The summed E-state index contributed by atoms with van der Waals surface area (Å²) < 4.78 is 21.9. The molecule has 0 unspecified atom stereocenters. The molecule has 0 fully saturated rings. The zero-order chi connectivity index (χ0) is 18.8. The van der Waals surface area contributed by atoms with E-state index >= 15 is 0 Å². The molecule has 0 saturated heterocycles. The molecular formula is C20H20O6. The van der Waals surface area contributed by atoms with E-state index in [-0.39, 0.29) is 23.5 Å². The van der Waals surface area contributed by atoms with Crippen molar-refractivity contribution in [2.45, 2.75) is 33.8 Å². The summed E-state index contributed by atoms with van der Waals surface area (Å²) in [5.74, 6) is -0.145. The third kappa shape index (κ3) is 3.22. The normalized spacial score (nSPS) is 12.2. The van der Waals surface area contributed by atoms with Crippen LogP contribution in [-0.2, 0) is 9.53 Å². The number of hydrogen-bond acceptors (Lipinski definition) is 6. The van der Waals surface area contributed by atoms with Crippen molar-refractivity contribution in [3.63, 3.8) is 0 Å². The Bertz CT molecular complexity index is 997. The number of ether oxygens (including phenoxy) is 2. The molecule has 0 spiro atoms. The topological polar surface area (TPSA) is 78.9 Å². The molecule has 0 amide bonds. The molecule has 0 saturated carbocycles. The molecule has 0 aliphatic rings. The number of rotatable bonds is 5. The van der Waals surface area contributed by atoms with Crippen LogP contribution in [-0.4, -0.2) is 18.7 Å². The van der Waals surface area contributed by atoms with Crippen LogP contribution in [0.15, 0.2) is 44.2 Å². The number of hydrogen-bond donors (Lipinski definition) is 0. The lowest BCUT2D eigenvalue weighted by atomic mass is 10.1. The van der Waals surface area contributed by atoms with Crippen LogP contribution >= 0.6 is 0 Å². The van der Waals surface area contributed by atoms with Crippen LogP contribution in [0.1, 0.15) is 25.0 Å². The number of furan rings is 1. The summed E-state index contributed by atoms with van der Waals surface area (Å²) in [6, 6.07) is 6.90. The Labute approximate surface area is 150 Å². The molecule has 3 aromatic rings. The second kappa shape index (κ2) is 7.07. The predicted molar refractivity (Wildman–Crippen MR) is 96.4 cm³/mol. The Balaban J connectivity index is 2.20. The molecule has 136 valence electrons. The minimum atomic E-state index is -0.962. The van der Waals surface area contributed by atoms with Crippen molar-refractivity contribution < 1.29 is 23.1 Å². The molecule has 6 nitrogen and oxygen atoms in total. The fourth-order valence-electron chi connectivity index (χ4n) is 2.59. The number of benzene rings is 1. The Morgan fingerprint density at radius 2 is 1.96 bits per heavy atom. The zero-order valence-corrected chi connectivity index (χ0v) is 15.1. The van der Waals surface area contributed by atoms with Crippen LogP contribution < -0.4 is 10.2 Å². The van der Waals surface area contributed by atoms with Crippen molar-refractivity contribution >= 4 is 16.9 Å². The van der Waals surface area contributed by atoms with Crippen LogP contribution in [0.25, 0.3) is 22.5 Å². The van der Waals surface area contributed by atoms with Gasteiger partial charge in [-0.05, 0) is 63.1 Å². The van der Waals surface area contributed by atoms with Gasteiger partial charge in [0.2, 0.25) is 16.9 Å². The molecule has 0 radical (unpaired) electrons. The average Bonchev–Trinajstić information content (AvgIpc) is 3.13. The van der Waals surface area contributed by atoms with Crippen molar-refractivity contribution in [3.05, 3.63) is 51.9 Å². The van der Waals surface area contributed by atoms with Crippen molar-refractivity contribution in [2.24, 2.45) is 0 Å². The van der Waals surface area contributed by atoms with E-state index in [0.29, 0.717) is 16.7 Å². The molecule has 0 N–H and O–H groups in total. The number of aryl methyl sites for hydroxylation is 2. The lowest BCUT2D eigenvalue weighted by Gasteiger charge is -2.15. The largest absolute Gasteiger partial charge is 0.471 e. The lowest BCUT2D eigenvalue weighted by molar-refractivity contribution is -0.150. The van der Waals surface area contributed by atoms with E-state index in [4.69, 9.17) is 18.3 Å². The molecule has 3 rings (SSSR count). The van der Waals surface area contributed by atoms with Crippen LogP contribution in [0.5, 0.6) is 5.75 Å². The molecule has 6 heteroatoms. The highest BCUT2D eigenvalue weighted by Crippen LogP contribution is 2.32. The van der Waals surface area contributed by atoms with Gasteiger partial charge in [-0.15, -0.1) is 0 Å². The number of esters is 1. The Morgan fingerprint density at radius 1 is 1.23 bits per heavy atom. The van der Waals surface area contributed by atoms with Gasteiger partial charge in [0, 0.05) is 0 Å². The van der Waals surface area contributed by atoms with Gasteiger partial charge in [0.05, 0.1) is 18.3 Å². The van der Waals surface area contributed by atoms with E-state index in [9.17, 15) is 9.59 Å². The smallest absolute Gasteiger partial charge is 0.347 e. The molecule has 1 aromatic carbocycles. The first-order chi connectivity index (χ1) is 12.4. The molecule has 0 aliphatic carbocycles. The maximum atomic E-state index is 13.0. The second-order valence-electron chi connectivity index (χ2n) is 6.01. The minimum absolute atomic E-state index is 0.0729. The second-order valence-corrected chi connectivity index (χ2v) is 6.01. The molecule has 0 aliphatic heterocycles. The van der Waals surface area contributed by atoms with Gasteiger partial charge < -0.3 is 18.3 Å². The van der Waals surface area contributed by atoms with Crippen LogP contribution in [0.4, 0.5) is 0 Å². The Hall–Kier alpha value is -3.02. The number of carbonyl (C=O) groups excluding carboxylic acids is 1. The van der Waals surface area contributed by atoms with Gasteiger partial charge in [0.25, 0.3) is 0 Å². The highest BCUT2D eigenvalue weighted by atomic mass is 16.6. The van der Waals surface area contributed by atoms with Gasteiger partial charge in [0.15, 0.2) is 11.9 Å². The minimum Gasteiger partial charge on any atom is -0.471 e. The summed E-state index contributed by atoms with van der Waals surface area (Å²) in [6.45, 7) is 7.30. The Morgan fingerprint density at radius 3 is 2.62 bits per heavy atom. The van der Waals surface area contributed by atoms with Gasteiger partial charge >= 0.3 is 5.97 Å². The first-order valence-electron chi connectivity index (χ1n) is 8.37. The van der Waals surface area contributed by atoms with Crippen LogP contribution in [0, 0.1) is 13.8 Å². The quantitative estimate of drug-likeness (QED) is 0.643. The van der Waals surface area contributed by atoms with E-state index in [2.05, 4.69) is 0 Å². The van der Waals surface area contributed by atoms with Crippen LogP contribution in [0.3, 0.4) is 0 Å². The zero-order valence-electron chi connectivity index (χ0n) is 15.1. The molecule has 1 atom stereocenters. The molecule has 26 heavy (non-hydrogen) atoms. The van der Waals surface area contributed by atoms with Crippen molar-refractivity contribution in [2.75, 3.05) is 6.61 Å². The standard InChI is InChI=1S/C20H20O6/c1-5-23-20(22)13(4)25-19-17(21)14-9-11(2)12(3)10-16(14)26-18(19)15-7-6-8-24-15/h6-10,13H,5H2,1-4H3/t13-/m0/s1. The van der Waals surface area contributed by atoms with E-state index in [1.807, 2.05) is 13.8 Å². The van der Waals surface area contributed by atoms with E-state index < -0.39 is 12.1 Å². The molecule has 2 heterocycles. The fraction of sp³-hybridized carbons (Fsp3) is 0.300. The molecule has 0 bridgehead atoms. The van der Waals surface area contributed by atoms with Gasteiger partial charge in [-0.1, -0.05) is 0 Å². The SMILES string of the molecule is CCOC(=O)[C@H](C)Oc1c(-c2ccco2)oc2cc(C)c(C)cc2c1=O. The van der Waals surface area contributed by atoms with Crippen molar-refractivity contribution in [1.82, 2.24) is 0 Å². The van der Waals surface area contributed by atoms with Gasteiger partial charge in [-0.2, -0.15) is 0 Å². The summed E-state index contributed by atoms with van der Waals surface area (Å²) in [6.07, 6.45) is 0.508. The monoisotopic (exact) mass is 356 g/mol. The molecular weight excluding hydrogens is 336 g/mol. The Kier molecular flexibility index (Phi) is 4.84. The molecule has 2 aromatic heterocycles. The summed E-state index contributed by atoms with van der Waals surface area (Å²) in [7, 11) is 0. The fourth-order valence-corrected chi connectivity index (χ4v) is 2.59. The first kappa shape index (κ1) is 17.8. The van der Waals surface area contributed by atoms with Crippen molar-refractivity contribution in [3.8, 4) is 17.3 Å². The lowest BCUT2D eigenvalue weighted by Crippen LogP contribution is -2.28. The summed E-state index contributed by atoms with van der Waals surface area (Å²) in [5.41, 5.74) is 2.03. The van der Waals surface area contributed by atoms with E-state index in [1.54, 1.807) is 31.2 Å². The maximum Gasteiger partial charge on any atom is 0.347 e. The average molecular weight is 356 g/mol. The van der Waals surface area contributed by atoms with E-state index in [0.717, 1.165) is 11.1 Å². The highest BCUT2D eigenvalue weighted by Gasteiger charge is 2.25.